The summed E-state index contributed by atoms with van der Waals surface area (Å²) < 4.78 is 13.3. The van der Waals surface area contributed by atoms with E-state index in [1.807, 2.05) is 0 Å². The van der Waals surface area contributed by atoms with Crippen LogP contribution in [-0.2, 0) is 4.74 Å². The van der Waals surface area contributed by atoms with Crippen molar-refractivity contribution >= 4 is 18.0 Å². The van der Waals surface area contributed by atoms with Gasteiger partial charge in [-0.05, 0) is 12.1 Å². The Balaban J connectivity index is 2.46. The van der Waals surface area contributed by atoms with Gasteiger partial charge in [-0.15, -0.1) is 0 Å². The number of cyclic esters (lactones) is 2. The number of ether oxygens (including phenoxy) is 3. The molecular formula is C8H5NO5. The third-order valence-electron chi connectivity index (χ3n) is 1.52. The first-order valence-corrected chi connectivity index (χ1v) is 3.66. The summed E-state index contributed by atoms with van der Waals surface area (Å²) in [5.41, 5.74) is 5.82. The van der Waals surface area contributed by atoms with Gasteiger partial charge >= 0.3 is 12.3 Å². The predicted molar refractivity (Wildman–Crippen MR) is 44.0 cm³/mol. The second kappa shape index (κ2) is 2.91. The van der Waals surface area contributed by atoms with Crippen LogP contribution in [0.25, 0.3) is 0 Å². The summed E-state index contributed by atoms with van der Waals surface area (Å²) in [5.74, 6) is 0.149. The van der Waals surface area contributed by atoms with E-state index in [1.54, 1.807) is 0 Å². The lowest BCUT2D eigenvalue weighted by molar-refractivity contribution is 0.0998. The molecule has 1 aromatic rings. The van der Waals surface area contributed by atoms with Crippen LogP contribution in [0.3, 0.4) is 0 Å². The zero-order chi connectivity index (χ0) is 10.1. The Kier molecular flexibility index (Phi) is 1.74. The summed E-state index contributed by atoms with van der Waals surface area (Å²) >= 11 is 0. The molecule has 0 aliphatic carbocycles. The van der Waals surface area contributed by atoms with E-state index >= 15 is 0 Å². The highest BCUT2D eigenvalue weighted by atomic mass is 16.8. The zero-order valence-electron chi connectivity index (χ0n) is 6.85. The number of fused-ring (bicyclic) bond motifs is 1. The molecule has 14 heavy (non-hydrogen) atoms. The molecule has 6 nitrogen and oxygen atoms in total. The Bertz CT molecular complexity index is 414. The molecule has 0 unspecified atom stereocenters. The van der Waals surface area contributed by atoms with Crippen molar-refractivity contribution in [3.05, 3.63) is 18.2 Å². The summed E-state index contributed by atoms with van der Waals surface area (Å²) in [6.45, 7) is 0. The van der Waals surface area contributed by atoms with Crippen molar-refractivity contribution in [2.24, 2.45) is 0 Å². The molecule has 1 heterocycles. The van der Waals surface area contributed by atoms with Gasteiger partial charge in [0.2, 0.25) is 0 Å². The van der Waals surface area contributed by atoms with Crippen molar-refractivity contribution in [2.45, 2.75) is 0 Å². The second-order valence-electron chi connectivity index (χ2n) is 2.51. The minimum atomic E-state index is -1.14. The molecule has 1 aliphatic rings. The lowest BCUT2D eigenvalue weighted by Gasteiger charge is -2.02. The Morgan fingerprint density at radius 2 is 1.57 bits per heavy atom. The van der Waals surface area contributed by atoms with Crippen LogP contribution in [0.2, 0.25) is 0 Å². The quantitative estimate of drug-likeness (QED) is 0.290. The molecule has 0 bridgehead atoms. The monoisotopic (exact) mass is 195 g/mol. The van der Waals surface area contributed by atoms with Crippen LogP contribution < -0.4 is 15.2 Å². The maximum atomic E-state index is 10.8. The smallest absolute Gasteiger partial charge is 0.399 e. The van der Waals surface area contributed by atoms with Gasteiger partial charge < -0.3 is 19.9 Å². The van der Waals surface area contributed by atoms with Crippen LogP contribution in [0.1, 0.15) is 0 Å². The molecule has 1 aliphatic heterocycles. The third-order valence-corrected chi connectivity index (χ3v) is 1.52. The van der Waals surface area contributed by atoms with Crippen LogP contribution in [0.15, 0.2) is 18.2 Å². The number of hydrogen-bond acceptors (Lipinski definition) is 6. The fourth-order valence-electron chi connectivity index (χ4n) is 0.978. The highest BCUT2D eigenvalue weighted by Gasteiger charge is 2.23. The Labute approximate surface area is 78.2 Å². The molecule has 0 amide bonds. The normalized spacial score (nSPS) is 14.6. The highest BCUT2D eigenvalue weighted by molar-refractivity contribution is 5.82. The number of nitrogen functional groups attached to an aromatic ring is 1. The van der Waals surface area contributed by atoms with E-state index in [0.29, 0.717) is 5.69 Å². The van der Waals surface area contributed by atoms with Crippen LogP contribution in [0.5, 0.6) is 11.5 Å². The van der Waals surface area contributed by atoms with Crippen molar-refractivity contribution in [2.75, 3.05) is 5.73 Å². The molecule has 0 atom stereocenters. The van der Waals surface area contributed by atoms with E-state index in [9.17, 15) is 9.59 Å². The third kappa shape index (κ3) is 1.45. The number of nitrogens with two attached hydrogens (primary N) is 1. The molecule has 2 rings (SSSR count). The minimum absolute atomic E-state index is 0.0563. The number of benzene rings is 1. The van der Waals surface area contributed by atoms with E-state index in [4.69, 9.17) is 5.73 Å². The highest BCUT2D eigenvalue weighted by Crippen LogP contribution is 2.31. The van der Waals surface area contributed by atoms with Gasteiger partial charge in [0.1, 0.15) is 0 Å². The summed E-state index contributed by atoms with van der Waals surface area (Å²) in [6, 6.07) is 4.27. The topological polar surface area (TPSA) is 87.9 Å². The summed E-state index contributed by atoms with van der Waals surface area (Å²) in [6.07, 6.45) is -2.27. The lowest BCUT2D eigenvalue weighted by Crippen LogP contribution is -2.14. The standard InChI is InChI=1S/C8H5NO5/c9-4-1-2-5-6(3-4)13-8(11)14-7(10)12-5/h1-3H,9H2. The maximum Gasteiger partial charge on any atom is 0.524 e. The van der Waals surface area contributed by atoms with Gasteiger partial charge in [-0.1, -0.05) is 0 Å². The molecule has 0 aromatic heterocycles. The number of carbonyl (C=O) groups excluding carboxylic acids is 2. The molecule has 2 N–H and O–H groups in total. The summed E-state index contributed by atoms with van der Waals surface area (Å²) in [4.78, 5) is 21.5. The molecule has 0 spiro atoms. The lowest BCUT2D eigenvalue weighted by atomic mass is 10.3. The first-order valence-electron chi connectivity index (χ1n) is 3.66. The largest absolute Gasteiger partial charge is 0.524 e. The van der Waals surface area contributed by atoms with Gasteiger partial charge in [0.15, 0.2) is 11.5 Å². The average molecular weight is 195 g/mol. The average Bonchev–Trinajstić information content (AvgIpc) is 2.21. The molecule has 72 valence electrons. The van der Waals surface area contributed by atoms with Gasteiger partial charge in [-0.25, -0.2) is 9.59 Å². The fourth-order valence-corrected chi connectivity index (χ4v) is 0.978. The fraction of sp³-hybridized carbons (Fsp3) is 0. The number of carbonyl (C=O) groups is 2. The number of anilines is 1. The maximum absolute atomic E-state index is 10.8. The van der Waals surface area contributed by atoms with Gasteiger partial charge in [0.25, 0.3) is 0 Å². The Hall–Kier alpha value is -2.24. The molecule has 0 fully saturated rings. The van der Waals surface area contributed by atoms with Crippen LogP contribution in [0.4, 0.5) is 15.3 Å². The van der Waals surface area contributed by atoms with Crippen molar-refractivity contribution in [1.29, 1.82) is 0 Å². The van der Waals surface area contributed by atoms with Gasteiger partial charge in [-0.2, -0.15) is 0 Å². The summed E-state index contributed by atoms with van der Waals surface area (Å²) in [5, 5.41) is 0. The van der Waals surface area contributed by atoms with E-state index < -0.39 is 12.3 Å². The molecule has 0 saturated carbocycles. The molecule has 0 radical (unpaired) electrons. The first kappa shape index (κ1) is 8.36. The number of rotatable bonds is 0. The molecule has 6 heteroatoms. The van der Waals surface area contributed by atoms with Gasteiger partial charge in [0, 0.05) is 11.8 Å². The summed E-state index contributed by atoms with van der Waals surface area (Å²) in [7, 11) is 0. The SMILES string of the molecule is Nc1ccc2c(c1)OC(=O)OC(=O)O2. The van der Waals surface area contributed by atoms with E-state index in [2.05, 4.69) is 14.2 Å². The van der Waals surface area contributed by atoms with Crippen LogP contribution >= 0.6 is 0 Å². The van der Waals surface area contributed by atoms with Crippen molar-refractivity contribution in [1.82, 2.24) is 0 Å². The van der Waals surface area contributed by atoms with Gasteiger partial charge in [-0.3, -0.25) is 0 Å². The second-order valence-corrected chi connectivity index (χ2v) is 2.51. The van der Waals surface area contributed by atoms with Crippen molar-refractivity contribution < 1.29 is 23.8 Å². The zero-order valence-corrected chi connectivity index (χ0v) is 6.85. The Morgan fingerprint density at radius 3 is 2.29 bits per heavy atom. The molecule has 1 aromatic carbocycles. The van der Waals surface area contributed by atoms with Crippen LogP contribution in [-0.4, -0.2) is 12.3 Å². The molecule has 0 saturated heterocycles. The van der Waals surface area contributed by atoms with Crippen molar-refractivity contribution in [3.8, 4) is 11.5 Å². The van der Waals surface area contributed by atoms with E-state index in [0.717, 1.165) is 0 Å². The minimum Gasteiger partial charge on any atom is -0.399 e. The Morgan fingerprint density at radius 1 is 0.929 bits per heavy atom. The van der Waals surface area contributed by atoms with E-state index in [1.165, 1.54) is 18.2 Å². The van der Waals surface area contributed by atoms with Crippen molar-refractivity contribution in [3.63, 3.8) is 0 Å². The van der Waals surface area contributed by atoms with E-state index in [-0.39, 0.29) is 11.5 Å². The van der Waals surface area contributed by atoms with Crippen LogP contribution in [0, 0.1) is 0 Å². The predicted octanol–water partition coefficient (Wildman–Crippen LogP) is 1.30. The number of hydrogen-bond donors (Lipinski definition) is 1. The van der Waals surface area contributed by atoms with Gasteiger partial charge in [0.05, 0.1) is 0 Å². The molecular weight excluding hydrogens is 190 g/mol. The first-order chi connectivity index (χ1) is 6.65.